The normalized spacial score (nSPS) is 11.0. The monoisotopic (exact) mass is 415 g/mol. The molecule has 1 aromatic heterocycles. The lowest BCUT2D eigenvalue weighted by atomic mass is 9.97. The number of carbonyl (C=O) groups is 1. The Bertz CT molecular complexity index is 1200. The van der Waals surface area contributed by atoms with Crippen molar-refractivity contribution in [3.63, 3.8) is 0 Å². The van der Waals surface area contributed by atoms with Gasteiger partial charge in [0.2, 0.25) is 0 Å². The Labute approximate surface area is 181 Å². The molecule has 6 nitrogen and oxygen atoms in total. The van der Waals surface area contributed by atoms with Crippen molar-refractivity contribution in [2.45, 2.75) is 33.1 Å². The highest BCUT2D eigenvalue weighted by Crippen LogP contribution is 2.30. The lowest BCUT2D eigenvalue weighted by molar-refractivity contribution is 0.0498. The average Bonchev–Trinajstić information content (AvgIpc) is 3.20. The second-order valence-electron chi connectivity index (χ2n) is 7.59. The van der Waals surface area contributed by atoms with E-state index in [1.165, 1.54) is 4.80 Å². The molecule has 6 heteroatoms. The van der Waals surface area contributed by atoms with E-state index < -0.39 is 0 Å². The molecule has 158 valence electrons. The van der Waals surface area contributed by atoms with Crippen LogP contribution in [0, 0.1) is 6.92 Å². The molecule has 0 fully saturated rings. The standard InChI is InChI=1S/C25H25N3O3/c1-3-4-13-31-25(30)20-10-6-5-9-18(20)16-19-14-17(2)15-23(24(19)29)28-26-21-11-7-8-12-22(21)27-28/h5-12,14-15,29H,3-4,13,16H2,1-2H3. The number of phenols is 1. The van der Waals surface area contributed by atoms with Gasteiger partial charge in [-0.1, -0.05) is 49.7 Å². The molecular weight excluding hydrogens is 390 g/mol. The fraction of sp³-hybridized carbons (Fsp3) is 0.240. The van der Waals surface area contributed by atoms with E-state index in [2.05, 4.69) is 17.1 Å². The molecule has 31 heavy (non-hydrogen) atoms. The van der Waals surface area contributed by atoms with Crippen molar-refractivity contribution < 1.29 is 14.6 Å². The molecule has 0 spiro atoms. The lowest BCUT2D eigenvalue weighted by Gasteiger charge is -2.13. The Morgan fingerprint density at radius 2 is 1.68 bits per heavy atom. The zero-order chi connectivity index (χ0) is 21.8. The topological polar surface area (TPSA) is 77.2 Å². The maximum absolute atomic E-state index is 12.6. The molecule has 3 aromatic carbocycles. The smallest absolute Gasteiger partial charge is 0.338 e. The number of aromatic nitrogens is 3. The number of benzene rings is 3. The van der Waals surface area contributed by atoms with Gasteiger partial charge in [0.15, 0.2) is 0 Å². The molecule has 0 aliphatic heterocycles. The van der Waals surface area contributed by atoms with E-state index in [1.807, 2.05) is 61.5 Å². The van der Waals surface area contributed by atoms with Crippen LogP contribution in [-0.2, 0) is 11.2 Å². The average molecular weight is 415 g/mol. The Morgan fingerprint density at radius 3 is 2.39 bits per heavy atom. The van der Waals surface area contributed by atoms with Gasteiger partial charge in [-0.15, -0.1) is 15.0 Å². The number of carbonyl (C=O) groups excluding carboxylic acids is 1. The molecule has 0 unspecified atom stereocenters. The molecule has 0 atom stereocenters. The minimum absolute atomic E-state index is 0.0973. The number of phenolic OH excluding ortho intramolecular Hbond substituents is 1. The predicted octanol–water partition coefficient (Wildman–Crippen LogP) is 4.98. The molecule has 1 N–H and O–H groups in total. The second kappa shape index (κ2) is 9.00. The number of fused-ring (bicyclic) bond motifs is 1. The summed E-state index contributed by atoms with van der Waals surface area (Å²) in [4.78, 5) is 14.0. The summed E-state index contributed by atoms with van der Waals surface area (Å²) in [6.45, 7) is 4.42. The molecule has 0 bridgehead atoms. The van der Waals surface area contributed by atoms with Crippen LogP contribution in [0.15, 0.2) is 60.7 Å². The van der Waals surface area contributed by atoms with E-state index in [-0.39, 0.29) is 11.7 Å². The number of aryl methyl sites for hydroxylation is 1. The molecule has 0 aliphatic rings. The van der Waals surface area contributed by atoms with E-state index in [9.17, 15) is 9.90 Å². The quantitative estimate of drug-likeness (QED) is 0.340. The van der Waals surface area contributed by atoms with Crippen molar-refractivity contribution in [2.24, 2.45) is 0 Å². The summed E-state index contributed by atoms with van der Waals surface area (Å²) in [6.07, 6.45) is 2.19. The zero-order valence-electron chi connectivity index (χ0n) is 17.7. The van der Waals surface area contributed by atoms with E-state index in [0.29, 0.717) is 29.8 Å². The number of unbranched alkanes of at least 4 members (excludes halogenated alkanes) is 1. The highest BCUT2D eigenvalue weighted by molar-refractivity contribution is 5.91. The molecular formula is C25H25N3O3. The van der Waals surface area contributed by atoms with Gasteiger partial charge >= 0.3 is 5.97 Å². The van der Waals surface area contributed by atoms with Crippen LogP contribution in [0.2, 0.25) is 0 Å². The number of hydrogen-bond donors (Lipinski definition) is 1. The summed E-state index contributed by atoms with van der Waals surface area (Å²) in [5.74, 6) is -0.239. The fourth-order valence-electron chi connectivity index (χ4n) is 3.55. The van der Waals surface area contributed by atoms with E-state index >= 15 is 0 Å². The van der Waals surface area contributed by atoms with Crippen molar-refractivity contribution in [3.05, 3.63) is 82.9 Å². The molecule has 4 rings (SSSR count). The summed E-state index contributed by atoms with van der Waals surface area (Å²) in [6, 6.07) is 18.7. The zero-order valence-corrected chi connectivity index (χ0v) is 17.7. The number of rotatable bonds is 7. The van der Waals surface area contributed by atoms with Gasteiger partial charge in [-0.3, -0.25) is 0 Å². The van der Waals surface area contributed by atoms with Crippen LogP contribution >= 0.6 is 0 Å². The first kappa shape index (κ1) is 20.6. The molecule has 0 radical (unpaired) electrons. The molecule has 0 amide bonds. The van der Waals surface area contributed by atoms with Crippen molar-refractivity contribution in [3.8, 4) is 11.4 Å². The van der Waals surface area contributed by atoms with Crippen LogP contribution in [0.1, 0.15) is 46.8 Å². The Kier molecular flexibility index (Phi) is 5.98. The summed E-state index contributed by atoms with van der Waals surface area (Å²) < 4.78 is 5.40. The van der Waals surface area contributed by atoms with Gasteiger partial charge in [-0.2, -0.15) is 0 Å². The maximum Gasteiger partial charge on any atom is 0.338 e. The Hall–Kier alpha value is -3.67. The summed E-state index contributed by atoms with van der Waals surface area (Å²) >= 11 is 0. The lowest BCUT2D eigenvalue weighted by Crippen LogP contribution is -2.10. The van der Waals surface area contributed by atoms with Gasteiger partial charge in [-0.25, -0.2) is 4.79 Å². The van der Waals surface area contributed by atoms with Crippen molar-refractivity contribution in [2.75, 3.05) is 6.61 Å². The number of aromatic hydroxyl groups is 1. The number of hydrogen-bond acceptors (Lipinski definition) is 5. The van der Waals surface area contributed by atoms with Crippen LogP contribution in [0.4, 0.5) is 0 Å². The van der Waals surface area contributed by atoms with E-state index in [1.54, 1.807) is 6.07 Å². The van der Waals surface area contributed by atoms with Crippen LogP contribution in [0.3, 0.4) is 0 Å². The largest absolute Gasteiger partial charge is 0.505 e. The Morgan fingerprint density at radius 1 is 1.00 bits per heavy atom. The summed E-state index contributed by atoms with van der Waals surface area (Å²) in [5, 5.41) is 20.0. The first-order valence-electron chi connectivity index (χ1n) is 10.5. The van der Waals surface area contributed by atoms with Crippen LogP contribution < -0.4 is 0 Å². The minimum atomic E-state index is -0.337. The van der Waals surface area contributed by atoms with Crippen LogP contribution in [0.5, 0.6) is 5.75 Å². The highest BCUT2D eigenvalue weighted by Gasteiger charge is 2.17. The first-order valence-corrected chi connectivity index (χ1v) is 10.5. The number of esters is 1. The van der Waals surface area contributed by atoms with Gasteiger partial charge in [-0.05, 0) is 48.7 Å². The third kappa shape index (κ3) is 4.43. The molecule has 4 aromatic rings. The van der Waals surface area contributed by atoms with E-state index in [0.717, 1.165) is 35.0 Å². The van der Waals surface area contributed by atoms with Gasteiger partial charge in [0, 0.05) is 12.0 Å². The van der Waals surface area contributed by atoms with Gasteiger partial charge in [0.25, 0.3) is 0 Å². The van der Waals surface area contributed by atoms with Crippen LogP contribution in [-0.4, -0.2) is 32.7 Å². The van der Waals surface area contributed by atoms with Gasteiger partial charge < -0.3 is 9.84 Å². The summed E-state index contributed by atoms with van der Waals surface area (Å²) in [7, 11) is 0. The molecule has 0 saturated heterocycles. The Balaban J connectivity index is 1.68. The van der Waals surface area contributed by atoms with Gasteiger partial charge in [0.05, 0.1) is 12.2 Å². The summed E-state index contributed by atoms with van der Waals surface area (Å²) in [5.41, 5.74) is 5.00. The van der Waals surface area contributed by atoms with Crippen LogP contribution in [0.25, 0.3) is 16.7 Å². The first-order chi connectivity index (χ1) is 15.1. The number of nitrogens with zero attached hydrogens (tertiary/aromatic N) is 3. The SMILES string of the molecule is CCCCOC(=O)c1ccccc1Cc1cc(C)cc(-n2nc3ccccc3n2)c1O. The maximum atomic E-state index is 12.6. The number of ether oxygens (including phenoxy) is 1. The molecule has 0 saturated carbocycles. The fourth-order valence-corrected chi connectivity index (χ4v) is 3.55. The highest BCUT2D eigenvalue weighted by atomic mass is 16.5. The second-order valence-corrected chi connectivity index (χ2v) is 7.59. The van der Waals surface area contributed by atoms with Crippen molar-refractivity contribution in [1.82, 2.24) is 15.0 Å². The predicted molar refractivity (Wildman–Crippen MR) is 120 cm³/mol. The minimum Gasteiger partial charge on any atom is -0.505 e. The molecule has 0 aliphatic carbocycles. The third-order valence-electron chi connectivity index (χ3n) is 5.16. The van der Waals surface area contributed by atoms with Gasteiger partial charge in [0.1, 0.15) is 22.5 Å². The van der Waals surface area contributed by atoms with E-state index in [4.69, 9.17) is 4.74 Å². The van der Waals surface area contributed by atoms with Crippen molar-refractivity contribution >= 4 is 17.0 Å². The molecule has 1 heterocycles. The third-order valence-corrected chi connectivity index (χ3v) is 5.16. The van der Waals surface area contributed by atoms with Crippen molar-refractivity contribution in [1.29, 1.82) is 0 Å².